The lowest BCUT2D eigenvalue weighted by Crippen LogP contribution is -2.34. The fourth-order valence-corrected chi connectivity index (χ4v) is 1.73. The largest absolute Gasteiger partial charge is 0.419 e. The molecule has 19 heavy (non-hydrogen) atoms. The maximum atomic E-state index is 13.2. The number of nitrogens with one attached hydrogen (secondary N) is 1. The van der Waals surface area contributed by atoms with Crippen LogP contribution >= 0.6 is 0 Å². The van der Waals surface area contributed by atoms with Crippen molar-refractivity contribution in [3.05, 3.63) is 29.1 Å². The highest BCUT2D eigenvalue weighted by Gasteiger charge is 2.31. The lowest BCUT2D eigenvalue weighted by Gasteiger charge is -2.12. The predicted molar refractivity (Wildman–Crippen MR) is 52.9 cm³/mol. The first-order valence-electron chi connectivity index (χ1n) is 5.40. The summed E-state index contributed by atoms with van der Waals surface area (Å²) in [5.74, 6) is -13.6. The maximum absolute atomic E-state index is 13.2. The Morgan fingerprint density at radius 1 is 1.00 bits per heavy atom. The Bertz CT molecular complexity index is 499. The van der Waals surface area contributed by atoms with Crippen LogP contribution in [0.25, 0.3) is 0 Å². The van der Waals surface area contributed by atoms with Crippen LogP contribution in [0.4, 0.5) is 22.0 Å². The topological polar surface area (TPSA) is 38.3 Å². The van der Waals surface area contributed by atoms with E-state index in [1.165, 1.54) is 0 Å². The van der Waals surface area contributed by atoms with Crippen LogP contribution in [-0.4, -0.2) is 18.6 Å². The number of hydrogen-bond acceptors (Lipinski definition) is 3. The first kappa shape index (κ1) is 13.7. The molecule has 0 saturated carbocycles. The van der Waals surface area contributed by atoms with Gasteiger partial charge in [0.2, 0.25) is 34.8 Å². The van der Waals surface area contributed by atoms with Crippen LogP contribution in [0.5, 0.6) is 5.75 Å². The van der Waals surface area contributed by atoms with Crippen molar-refractivity contribution < 1.29 is 31.5 Å². The Morgan fingerprint density at radius 2 is 1.53 bits per heavy atom. The summed E-state index contributed by atoms with van der Waals surface area (Å²) in [4.78, 5) is 11.5. The third-order valence-corrected chi connectivity index (χ3v) is 2.72. The molecule has 1 aliphatic rings. The summed E-state index contributed by atoms with van der Waals surface area (Å²) in [6, 6.07) is -0.810. The van der Waals surface area contributed by atoms with Crippen LogP contribution in [0.2, 0.25) is 0 Å². The predicted octanol–water partition coefficient (Wildman–Crippen LogP) is 2.04. The first-order valence-corrected chi connectivity index (χ1v) is 5.40. The summed E-state index contributed by atoms with van der Waals surface area (Å²) >= 11 is 0. The number of ether oxygens (including phenoxy) is 1. The second-order valence-corrected chi connectivity index (χ2v) is 3.97. The molecule has 0 aliphatic carbocycles. The van der Waals surface area contributed by atoms with Gasteiger partial charge in [-0.2, -0.15) is 8.78 Å². The van der Waals surface area contributed by atoms with E-state index in [4.69, 9.17) is 0 Å². The van der Waals surface area contributed by atoms with Crippen molar-refractivity contribution in [3.63, 3.8) is 0 Å². The van der Waals surface area contributed by atoms with E-state index in [-0.39, 0.29) is 0 Å². The van der Waals surface area contributed by atoms with E-state index in [9.17, 15) is 26.7 Å². The molecule has 2 rings (SSSR count). The van der Waals surface area contributed by atoms with Gasteiger partial charge in [0, 0.05) is 0 Å². The molecule has 0 aromatic heterocycles. The van der Waals surface area contributed by atoms with Crippen molar-refractivity contribution in [2.45, 2.75) is 18.9 Å². The van der Waals surface area contributed by atoms with Gasteiger partial charge in [0.05, 0.1) is 0 Å². The molecule has 0 spiro atoms. The van der Waals surface area contributed by atoms with E-state index in [1.807, 2.05) is 0 Å². The number of halogens is 5. The van der Waals surface area contributed by atoms with Crippen LogP contribution in [0.3, 0.4) is 0 Å². The summed E-state index contributed by atoms with van der Waals surface area (Å²) < 4.78 is 69.2. The molecule has 0 radical (unpaired) electrons. The molecule has 8 heteroatoms. The molecule has 3 nitrogen and oxygen atoms in total. The van der Waals surface area contributed by atoms with Crippen molar-refractivity contribution in [1.82, 2.24) is 5.32 Å². The number of benzene rings is 1. The number of carbonyl (C=O) groups is 1. The fourth-order valence-electron chi connectivity index (χ4n) is 1.73. The van der Waals surface area contributed by atoms with Gasteiger partial charge < -0.3 is 10.1 Å². The lowest BCUT2D eigenvalue weighted by molar-refractivity contribution is -0.136. The zero-order valence-corrected chi connectivity index (χ0v) is 9.40. The monoisotopic (exact) mass is 281 g/mol. The molecule has 1 aliphatic heterocycles. The van der Waals surface area contributed by atoms with E-state index >= 15 is 0 Å². The van der Waals surface area contributed by atoms with Crippen molar-refractivity contribution in [3.8, 4) is 5.75 Å². The Morgan fingerprint density at radius 3 is 2.00 bits per heavy atom. The molecule has 1 atom stereocenters. The van der Waals surface area contributed by atoms with E-state index in [0.717, 1.165) is 0 Å². The number of hydrogen-bond donors (Lipinski definition) is 1. The van der Waals surface area contributed by atoms with Crippen LogP contribution in [0.1, 0.15) is 12.8 Å². The average Bonchev–Trinajstić information content (AvgIpc) is 2.93. The first-order chi connectivity index (χ1) is 8.93. The van der Waals surface area contributed by atoms with Crippen molar-refractivity contribution in [1.29, 1.82) is 0 Å². The van der Waals surface area contributed by atoms with Gasteiger partial charge in [0.1, 0.15) is 6.04 Å². The normalized spacial score (nSPS) is 18.7. The van der Waals surface area contributed by atoms with E-state index < -0.39 is 46.8 Å². The van der Waals surface area contributed by atoms with E-state index in [2.05, 4.69) is 10.1 Å². The fraction of sp³-hybridized carbons (Fsp3) is 0.364. The smallest absolute Gasteiger partial charge is 0.328 e. The zero-order valence-electron chi connectivity index (χ0n) is 9.40. The third kappa shape index (κ3) is 2.40. The second-order valence-electron chi connectivity index (χ2n) is 3.97. The molecular weight excluding hydrogens is 273 g/mol. The molecule has 1 fully saturated rings. The Kier molecular flexibility index (Phi) is 3.70. The zero-order chi connectivity index (χ0) is 14.2. The molecular formula is C11H8F5NO2. The quantitative estimate of drug-likeness (QED) is 0.296. The SMILES string of the molecule is O=C(Oc1c(F)c(F)c(F)c(F)c1F)[C@@H]1CCCN1. The second kappa shape index (κ2) is 5.12. The van der Waals surface area contributed by atoms with Gasteiger partial charge in [-0.3, -0.25) is 0 Å². The van der Waals surface area contributed by atoms with Crippen molar-refractivity contribution in [2.24, 2.45) is 0 Å². The van der Waals surface area contributed by atoms with E-state index in [1.54, 1.807) is 0 Å². The Labute approximate surface area is 104 Å². The highest BCUT2D eigenvalue weighted by atomic mass is 19.2. The highest BCUT2D eigenvalue weighted by molar-refractivity contribution is 5.78. The summed E-state index contributed by atoms with van der Waals surface area (Å²) in [5, 5.41) is 2.68. The molecule has 1 N–H and O–H groups in total. The summed E-state index contributed by atoms with van der Waals surface area (Å²) in [6.45, 7) is 0.511. The minimum absolute atomic E-state index is 0.369. The standard InChI is InChI=1S/C11H8F5NO2/c12-5-6(13)8(15)10(9(16)7(5)14)19-11(18)4-2-1-3-17-4/h4,17H,1-3H2/t4-/m0/s1. The van der Waals surface area contributed by atoms with Gasteiger partial charge in [-0.25, -0.2) is 18.0 Å². The molecule has 0 unspecified atom stereocenters. The number of rotatable bonds is 2. The minimum Gasteiger partial charge on any atom is -0.419 e. The molecule has 1 aromatic rings. The molecule has 0 bridgehead atoms. The van der Waals surface area contributed by atoms with Crippen molar-refractivity contribution >= 4 is 5.97 Å². The molecule has 0 amide bonds. The molecule has 1 saturated heterocycles. The third-order valence-electron chi connectivity index (χ3n) is 2.72. The summed E-state index contributed by atoms with van der Waals surface area (Å²) in [5.41, 5.74) is 0. The van der Waals surface area contributed by atoms with Gasteiger partial charge in [0.25, 0.3) is 0 Å². The Balaban J connectivity index is 2.32. The van der Waals surface area contributed by atoms with Gasteiger partial charge in [0.15, 0.2) is 0 Å². The van der Waals surface area contributed by atoms with Crippen molar-refractivity contribution in [2.75, 3.05) is 6.54 Å². The number of esters is 1. The maximum Gasteiger partial charge on any atom is 0.328 e. The van der Waals surface area contributed by atoms with Crippen LogP contribution < -0.4 is 10.1 Å². The van der Waals surface area contributed by atoms with Crippen LogP contribution in [0.15, 0.2) is 0 Å². The highest BCUT2D eigenvalue weighted by Crippen LogP contribution is 2.29. The van der Waals surface area contributed by atoms with Gasteiger partial charge >= 0.3 is 5.97 Å². The lowest BCUT2D eigenvalue weighted by atomic mass is 10.2. The minimum atomic E-state index is -2.30. The van der Waals surface area contributed by atoms with E-state index in [0.29, 0.717) is 19.4 Å². The van der Waals surface area contributed by atoms with Crippen LogP contribution in [-0.2, 0) is 4.79 Å². The van der Waals surface area contributed by atoms with Crippen LogP contribution in [0, 0.1) is 29.1 Å². The molecule has 1 heterocycles. The summed E-state index contributed by atoms with van der Waals surface area (Å²) in [6.07, 6.45) is 1.02. The van der Waals surface area contributed by atoms with Gasteiger partial charge in [-0.15, -0.1) is 0 Å². The van der Waals surface area contributed by atoms with Gasteiger partial charge in [-0.1, -0.05) is 0 Å². The average molecular weight is 281 g/mol. The summed E-state index contributed by atoms with van der Waals surface area (Å²) in [7, 11) is 0. The molecule has 1 aromatic carbocycles. The number of carbonyl (C=O) groups excluding carboxylic acids is 1. The molecule has 104 valence electrons. The van der Waals surface area contributed by atoms with Gasteiger partial charge in [-0.05, 0) is 19.4 Å². The Hall–Kier alpha value is -1.70.